The number of fused-ring (bicyclic) bond motifs is 1. The average Bonchev–Trinajstić information content (AvgIpc) is 3.29. The van der Waals surface area contributed by atoms with Crippen LogP contribution in [0.25, 0.3) is 16.6 Å². The van der Waals surface area contributed by atoms with Crippen molar-refractivity contribution in [2.24, 2.45) is 0 Å². The molecule has 0 spiro atoms. The molecule has 0 saturated carbocycles. The number of rotatable bonds is 7. The molecule has 1 atom stereocenters. The molecule has 1 N–H and O–H groups in total. The summed E-state index contributed by atoms with van der Waals surface area (Å²) >= 11 is 0. The van der Waals surface area contributed by atoms with Crippen molar-refractivity contribution in [1.29, 1.82) is 0 Å². The average molecular weight is 378 g/mol. The van der Waals surface area contributed by atoms with Gasteiger partial charge in [-0.05, 0) is 69.1 Å². The van der Waals surface area contributed by atoms with E-state index in [1.165, 1.54) is 19.4 Å². The second-order valence-electron chi connectivity index (χ2n) is 7.45. The molecule has 1 aromatic heterocycles. The van der Waals surface area contributed by atoms with Gasteiger partial charge < -0.3 is 19.3 Å². The van der Waals surface area contributed by atoms with Crippen molar-refractivity contribution in [3.8, 4) is 11.4 Å². The van der Waals surface area contributed by atoms with Gasteiger partial charge >= 0.3 is 5.97 Å². The number of aromatic nitrogens is 1. The molecule has 0 radical (unpaired) electrons. The third-order valence-corrected chi connectivity index (χ3v) is 5.57. The molecule has 2 aromatic carbocycles. The third kappa shape index (κ3) is 3.76. The largest absolute Gasteiger partial charge is 0.494 e. The highest BCUT2D eigenvalue weighted by Crippen LogP contribution is 2.26. The quantitative estimate of drug-likeness (QED) is 0.612. The van der Waals surface area contributed by atoms with E-state index < -0.39 is 5.97 Å². The molecule has 1 fully saturated rings. The lowest BCUT2D eigenvalue weighted by Gasteiger charge is -2.20. The number of hydrogen-bond donors (Lipinski definition) is 1. The number of carboxylic acid groups (broad SMARTS) is 1. The van der Waals surface area contributed by atoms with Crippen molar-refractivity contribution in [3.63, 3.8) is 0 Å². The van der Waals surface area contributed by atoms with Gasteiger partial charge in [-0.3, -0.25) is 0 Å². The van der Waals surface area contributed by atoms with Gasteiger partial charge in [-0.1, -0.05) is 18.2 Å². The standard InChI is InChI=1S/C23H26N2O3/c1-17-6-4-13-24(17)14-5-15-28-20-11-9-19(10-12-20)25-21-8-3-2-7-18(21)16-22(25)23(26)27/h2-3,7-12,16-17H,4-6,13-15H2,1H3,(H,26,27). The summed E-state index contributed by atoms with van der Waals surface area (Å²) in [5.74, 6) is -0.126. The normalized spacial score (nSPS) is 17.2. The highest BCUT2D eigenvalue weighted by atomic mass is 16.5. The Hall–Kier alpha value is -2.79. The first kappa shape index (κ1) is 18.6. The molecule has 4 rings (SSSR count). The molecule has 0 bridgehead atoms. The molecule has 0 amide bonds. The molecule has 1 aliphatic heterocycles. The lowest BCUT2D eigenvalue weighted by Crippen LogP contribution is -2.28. The van der Waals surface area contributed by atoms with Crippen LogP contribution in [-0.4, -0.2) is 46.3 Å². The van der Waals surface area contributed by atoms with Crippen LogP contribution in [0.3, 0.4) is 0 Å². The number of para-hydroxylation sites is 1. The number of carbonyl (C=O) groups is 1. The van der Waals surface area contributed by atoms with Crippen molar-refractivity contribution in [2.75, 3.05) is 19.7 Å². The Morgan fingerprint density at radius 2 is 1.96 bits per heavy atom. The lowest BCUT2D eigenvalue weighted by molar-refractivity contribution is 0.0688. The van der Waals surface area contributed by atoms with E-state index in [0.29, 0.717) is 12.6 Å². The van der Waals surface area contributed by atoms with Gasteiger partial charge in [0.1, 0.15) is 11.4 Å². The lowest BCUT2D eigenvalue weighted by atomic mass is 10.2. The van der Waals surface area contributed by atoms with E-state index in [1.807, 2.05) is 48.5 Å². The van der Waals surface area contributed by atoms with Gasteiger partial charge in [-0.25, -0.2) is 4.79 Å². The van der Waals surface area contributed by atoms with Gasteiger partial charge in [-0.15, -0.1) is 0 Å². The molecular weight excluding hydrogens is 352 g/mol. The zero-order chi connectivity index (χ0) is 19.5. The van der Waals surface area contributed by atoms with Crippen LogP contribution in [0.15, 0.2) is 54.6 Å². The SMILES string of the molecule is CC1CCCN1CCCOc1ccc(-n2c(C(=O)O)cc3ccccc32)cc1. The first-order valence-corrected chi connectivity index (χ1v) is 9.94. The summed E-state index contributed by atoms with van der Waals surface area (Å²) in [6, 6.07) is 17.8. The maximum absolute atomic E-state index is 11.7. The van der Waals surface area contributed by atoms with Crippen molar-refractivity contribution in [3.05, 3.63) is 60.3 Å². The van der Waals surface area contributed by atoms with E-state index >= 15 is 0 Å². The second-order valence-corrected chi connectivity index (χ2v) is 7.45. The molecule has 146 valence electrons. The molecule has 5 nitrogen and oxygen atoms in total. The van der Waals surface area contributed by atoms with Crippen molar-refractivity contribution >= 4 is 16.9 Å². The number of carboxylic acids is 1. The number of aromatic carboxylic acids is 1. The first-order chi connectivity index (χ1) is 13.6. The van der Waals surface area contributed by atoms with Gasteiger partial charge in [0, 0.05) is 23.7 Å². The van der Waals surface area contributed by atoms with Gasteiger partial charge in [-0.2, -0.15) is 0 Å². The van der Waals surface area contributed by atoms with Crippen LogP contribution in [0.5, 0.6) is 5.75 Å². The van der Waals surface area contributed by atoms with Crippen LogP contribution in [-0.2, 0) is 0 Å². The molecule has 0 aliphatic carbocycles. The Morgan fingerprint density at radius 3 is 2.68 bits per heavy atom. The maximum Gasteiger partial charge on any atom is 0.352 e. The van der Waals surface area contributed by atoms with E-state index in [-0.39, 0.29) is 5.69 Å². The number of benzene rings is 2. The summed E-state index contributed by atoms with van der Waals surface area (Å²) in [6.07, 6.45) is 3.61. The van der Waals surface area contributed by atoms with Crippen LogP contribution in [0.4, 0.5) is 0 Å². The Kier molecular flexibility index (Phi) is 5.35. The summed E-state index contributed by atoms with van der Waals surface area (Å²) in [4.78, 5) is 14.2. The van der Waals surface area contributed by atoms with Crippen LogP contribution in [0, 0.1) is 0 Å². The fraction of sp³-hybridized carbons (Fsp3) is 0.348. The minimum atomic E-state index is -0.937. The van der Waals surface area contributed by atoms with E-state index in [2.05, 4.69) is 11.8 Å². The first-order valence-electron chi connectivity index (χ1n) is 9.94. The maximum atomic E-state index is 11.7. The minimum absolute atomic E-state index is 0.259. The Bertz CT molecular complexity index is 962. The molecule has 1 saturated heterocycles. The van der Waals surface area contributed by atoms with Crippen LogP contribution in [0.1, 0.15) is 36.7 Å². The Morgan fingerprint density at radius 1 is 1.18 bits per heavy atom. The molecule has 3 aromatic rings. The van der Waals surface area contributed by atoms with E-state index in [4.69, 9.17) is 4.74 Å². The molecule has 5 heteroatoms. The summed E-state index contributed by atoms with van der Waals surface area (Å²) in [7, 11) is 0. The van der Waals surface area contributed by atoms with Crippen LogP contribution < -0.4 is 4.74 Å². The minimum Gasteiger partial charge on any atom is -0.494 e. The van der Waals surface area contributed by atoms with E-state index in [0.717, 1.165) is 35.3 Å². The molecule has 28 heavy (non-hydrogen) atoms. The summed E-state index contributed by atoms with van der Waals surface area (Å²) in [5, 5.41) is 10.5. The predicted octanol–water partition coefficient (Wildman–Crippen LogP) is 4.58. The summed E-state index contributed by atoms with van der Waals surface area (Å²) in [5.41, 5.74) is 1.96. The van der Waals surface area contributed by atoms with Gasteiger partial charge in [0.05, 0.1) is 12.1 Å². The van der Waals surface area contributed by atoms with Gasteiger partial charge in [0.15, 0.2) is 0 Å². The molecule has 1 unspecified atom stereocenters. The summed E-state index contributed by atoms with van der Waals surface area (Å²) < 4.78 is 7.66. The highest BCUT2D eigenvalue weighted by Gasteiger charge is 2.19. The second kappa shape index (κ2) is 8.07. The topological polar surface area (TPSA) is 54.7 Å². The number of ether oxygens (including phenoxy) is 1. The predicted molar refractivity (Wildman–Crippen MR) is 111 cm³/mol. The molecular formula is C23H26N2O3. The summed E-state index contributed by atoms with van der Waals surface area (Å²) in [6.45, 7) is 5.27. The van der Waals surface area contributed by atoms with E-state index in [9.17, 15) is 9.90 Å². The monoisotopic (exact) mass is 378 g/mol. The zero-order valence-electron chi connectivity index (χ0n) is 16.2. The number of likely N-dealkylation sites (tertiary alicyclic amines) is 1. The number of hydrogen-bond acceptors (Lipinski definition) is 3. The fourth-order valence-corrected chi connectivity index (χ4v) is 4.06. The van der Waals surface area contributed by atoms with Gasteiger partial charge in [0.2, 0.25) is 0 Å². The van der Waals surface area contributed by atoms with Gasteiger partial charge in [0.25, 0.3) is 0 Å². The third-order valence-electron chi connectivity index (χ3n) is 5.57. The van der Waals surface area contributed by atoms with Crippen molar-refractivity contribution in [2.45, 2.75) is 32.2 Å². The highest BCUT2D eigenvalue weighted by molar-refractivity contribution is 5.96. The Labute approximate surface area is 165 Å². The zero-order valence-corrected chi connectivity index (χ0v) is 16.2. The Balaban J connectivity index is 1.44. The molecule has 1 aliphatic rings. The van der Waals surface area contributed by atoms with Crippen molar-refractivity contribution in [1.82, 2.24) is 9.47 Å². The fourth-order valence-electron chi connectivity index (χ4n) is 4.06. The number of nitrogens with zero attached hydrogens (tertiary/aromatic N) is 2. The van der Waals surface area contributed by atoms with Crippen LogP contribution in [0.2, 0.25) is 0 Å². The van der Waals surface area contributed by atoms with E-state index in [1.54, 1.807) is 10.6 Å². The molecule has 2 heterocycles. The van der Waals surface area contributed by atoms with Crippen LogP contribution >= 0.6 is 0 Å². The smallest absolute Gasteiger partial charge is 0.352 e. The van der Waals surface area contributed by atoms with Crippen molar-refractivity contribution < 1.29 is 14.6 Å².